The van der Waals surface area contributed by atoms with E-state index in [0.29, 0.717) is 24.1 Å². The molecular weight excluding hydrogens is 342 g/mol. The molecule has 1 aliphatic rings. The molecule has 27 heavy (non-hydrogen) atoms. The number of aryl methyl sites for hydroxylation is 1. The van der Waals surface area contributed by atoms with Crippen LogP contribution in [-0.2, 0) is 11.8 Å². The van der Waals surface area contributed by atoms with Crippen LogP contribution in [0.4, 0.5) is 0 Å². The minimum Gasteiger partial charge on any atom is -0.337 e. The molecule has 0 radical (unpaired) electrons. The van der Waals surface area contributed by atoms with Crippen LogP contribution in [0.25, 0.3) is 22.3 Å². The van der Waals surface area contributed by atoms with Crippen molar-refractivity contribution in [2.45, 2.75) is 45.6 Å². The molecule has 7 heteroatoms. The van der Waals surface area contributed by atoms with Crippen molar-refractivity contribution >= 4 is 16.8 Å². The van der Waals surface area contributed by atoms with E-state index in [1.165, 1.54) is 0 Å². The van der Waals surface area contributed by atoms with Gasteiger partial charge >= 0.3 is 0 Å². The lowest BCUT2D eigenvalue weighted by Gasteiger charge is -2.33. The lowest BCUT2D eigenvalue weighted by molar-refractivity contribution is -0.137. The van der Waals surface area contributed by atoms with Gasteiger partial charge in [0.2, 0.25) is 17.6 Å². The number of hydrogen-bond acceptors (Lipinski definition) is 5. The maximum atomic E-state index is 12.4. The molecule has 0 bridgehead atoms. The Morgan fingerprint density at radius 2 is 2.11 bits per heavy atom. The molecule has 1 atom stereocenters. The minimum absolute atomic E-state index is 0.153. The number of carbonyl (C=O) groups is 1. The van der Waals surface area contributed by atoms with Crippen LogP contribution in [0.3, 0.4) is 0 Å². The molecule has 0 N–H and O–H groups in total. The van der Waals surface area contributed by atoms with Gasteiger partial charge in [0, 0.05) is 31.0 Å². The highest BCUT2D eigenvalue weighted by Crippen LogP contribution is 2.31. The van der Waals surface area contributed by atoms with E-state index in [-0.39, 0.29) is 11.9 Å². The summed E-state index contributed by atoms with van der Waals surface area (Å²) >= 11 is 0. The summed E-state index contributed by atoms with van der Waals surface area (Å²) in [6.45, 7) is 5.05. The fourth-order valence-electron chi connectivity index (χ4n) is 3.74. The third-order valence-corrected chi connectivity index (χ3v) is 5.16. The summed E-state index contributed by atoms with van der Waals surface area (Å²) in [4.78, 5) is 19.0. The topological polar surface area (TPSA) is 77.1 Å². The number of carbonyl (C=O) groups excluding carboxylic acids is 1. The standard InChI is InChI=1S/C20H25N5O2/c1-13(2)10-17(25-9-5-4-6-18(25)26)20-22-19(23-27-20)14-7-8-15-12-21-24(3)16(15)11-14/h7-8,11-13,17H,4-6,9-10H2,1-3H3. The Labute approximate surface area is 158 Å². The van der Waals surface area contributed by atoms with Crippen LogP contribution in [-0.4, -0.2) is 37.3 Å². The van der Waals surface area contributed by atoms with Gasteiger partial charge in [-0.05, 0) is 31.2 Å². The fraction of sp³-hybridized carbons (Fsp3) is 0.500. The largest absolute Gasteiger partial charge is 0.337 e. The van der Waals surface area contributed by atoms with Gasteiger partial charge in [-0.15, -0.1) is 0 Å². The molecule has 1 fully saturated rings. The van der Waals surface area contributed by atoms with E-state index in [0.717, 1.165) is 42.3 Å². The number of hydrogen-bond donors (Lipinski definition) is 0. The van der Waals surface area contributed by atoms with E-state index < -0.39 is 0 Å². The molecule has 0 saturated carbocycles. The Hall–Kier alpha value is -2.70. The van der Waals surface area contributed by atoms with Crippen LogP contribution >= 0.6 is 0 Å². The molecule has 1 aromatic carbocycles. The van der Waals surface area contributed by atoms with Gasteiger partial charge in [-0.1, -0.05) is 31.1 Å². The zero-order valence-corrected chi connectivity index (χ0v) is 16.1. The number of nitrogens with zero attached hydrogens (tertiary/aromatic N) is 5. The highest BCUT2D eigenvalue weighted by atomic mass is 16.5. The van der Waals surface area contributed by atoms with Gasteiger partial charge in [0.25, 0.3) is 0 Å². The first-order valence-corrected chi connectivity index (χ1v) is 9.58. The smallest absolute Gasteiger partial charge is 0.249 e. The quantitative estimate of drug-likeness (QED) is 0.687. The van der Waals surface area contributed by atoms with Crippen molar-refractivity contribution in [3.63, 3.8) is 0 Å². The molecule has 1 amide bonds. The van der Waals surface area contributed by atoms with Crippen LogP contribution in [0.1, 0.15) is 51.5 Å². The molecule has 3 aromatic rings. The lowest BCUT2D eigenvalue weighted by Crippen LogP contribution is -2.39. The Morgan fingerprint density at radius 3 is 2.89 bits per heavy atom. The number of amides is 1. The van der Waals surface area contributed by atoms with Crippen molar-refractivity contribution in [1.82, 2.24) is 24.8 Å². The predicted octanol–water partition coefficient (Wildman–Crippen LogP) is 3.72. The first kappa shape index (κ1) is 17.7. The van der Waals surface area contributed by atoms with Gasteiger partial charge in [-0.2, -0.15) is 10.1 Å². The average molecular weight is 367 g/mol. The third-order valence-electron chi connectivity index (χ3n) is 5.16. The summed E-state index contributed by atoms with van der Waals surface area (Å²) in [5.41, 5.74) is 1.90. The molecule has 3 heterocycles. The van der Waals surface area contributed by atoms with Crippen molar-refractivity contribution in [2.75, 3.05) is 6.54 Å². The fourth-order valence-corrected chi connectivity index (χ4v) is 3.74. The second-order valence-electron chi connectivity index (χ2n) is 7.69. The van der Waals surface area contributed by atoms with Crippen LogP contribution in [0.15, 0.2) is 28.9 Å². The number of likely N-dealkylation sites (tertiary alicyclic amines) is 1. The van der Waals surface area contributed by atoms with E-state index in [2.05, 4.69) is 29.1 Å². The summed E-state index contributed by atoms with van der Waals surface area (Å²) in [6.07, 6.45) is 5.24. The summed E-state index contributed by atoms with van der Waals surface area (Å²) in [5, 5.41) is 9.55. The van der Waals surface area contributed by atoms with Crippen molar-refractivity contribution in [3.8, 4) is 11.4 Å². The zero-order valence-electron chi connectivity index (χ0n) is 16.1. The number of rotatable bonds is 5. The van der Waals surface area contributed by atoms with E-state index in [1.54, 1.807) is 0 Å². The lowest BCUT2D eigenvalue weighted by atomic mass is 9.99. The first-order valence-electron chi connectivity index (χ1n) is 9.58. The molecule has 1 unspecified atom stereocenters. The monoisotopic (exact) mass is 367 g/mol. The maximum Gasteiger partial charge on any atom is 0.249 e. The van der Waals surface area contributed by atoms with Gasteiger partial charge in [0.05, 0.1) is 11.7 Å². The van der Waals surface area contributed by atoms with Crippen LogP contribution in [0, 0.1) is 5.92 Å². The molecule has 1 saturated heterocycles. The number of piperidine rings is 1. The Bertz CT molecular complexity index is 958. The van der Waals surface area contributed by atoms with E-state index >= 15 is 0 Å². The van der Waals surface area contributed by atoms with Crippen LogP contribution < -0.4 is 0 Å². The number of benzene rings is 1. The van der Waals surface area contributed by atoms with Crippen molar-refractivity contribution in [3.05, 3.63) is 30.3 Å². The van der Waals surface area contributed by atoms with Crippen molar-refractivity contribution in [1.29, 1.82) is 0 Å². The third kappa shape index (κ3) is 3.46. The highest BCUT2D eigenvalue weighted by molar-refractivity contribution is 5.83. The molecule has 4 rings (SSSR count). The number of aromatic nitrogens is 4. The first-order chi connectivity index (χ1) is 13.0. The second-order valence-corrected chi connectivity index (χ2v) is 7.69. The maximum absolute atomic E-state index is 12.4. The molecule has 7 nitrogen and oxygen atoms in total. The van der Waals surface area contributed by atoms with E-state index in [4.69, 9.17) is 4.52 Å². The van der Waals surface area contributed by atoms with Crippen LogP contribution in [0.2, 0.25) is 0 Å². The molecule has 0 spiro atoms. The van der Waals surface area contributed by atoms with Crippen LogP contribution in [0.5, 0.6) is 0 Å². The highest BCUT2D eigenvalue weighted by Gasteiger charge is 2.32. The number of fused-ring (bicyclic) bond motifs is 1. The van der Waals surface area contributed by atoms with Gasteiger partial charge in [0.1, 0.15) is 6.04 Å². The van der Waals surface area contributed by atoms with Gasteiger partial charge in [-0.3, -0.25) is 9.48 Å². The average Bonchev–Trinajstić information content (AvgIpc) is 3.27. The molecule has 142 valence electrons. The molecular formula is C20H25N5O2. The SMILES string of the molecule is CC(C)CC(c1nc(-c2ccc3cnn(C)c3c2)no1)N1CCCCC1=O. The zero-order chi connectivity index (χ0) is 19.0. The normalized spacial score (nSPS) is 16.4. The molecule has 2 aromatic heterocycles. The summed E-state index contributed by atoms with van der Waals surface area (Å²) < 4.78 is 7.46. The van der Waals surface area contributed by atoms with Gasteiger partial charge in [-0.25, -0.2) is 0 Å². The Morgan fingerprint density at radius 1 is 1.26 bits per heavy atom. The second kappa shape index (κ2) is 7.13. The summed E-state index contributed by atoms with van der Waals surface area (Å²) in [7, 11) is 1.91. The minimum atomic E-state index is -0.153. The van der Waals surface area contributed by atoms with Gasteiger partial charge < -0.3 is 9.42 Å². The predicted molar refractivity (Wildman–Crippen MR) is 102 cm³/mol. The van der Waals surface area contributed by atoms with E-state index in [1.807, 2.05) is 41.0 Å². The summed E-state index contributed by atoms with van der Waals surface area (Å²) in [5.74, 6) is 1.68. The van der Waals surface area contributed by atoms with Crippen molar-refractivity contribution in [2.24, 2.45) is 13.0 Å². The van der Waals surface area contributed by atoms with E-state index in [9.17, 15) is 4.79 Å². The Kier molecular flexibility index (Phi) is 4.68. The Balaban J connectivity index is 1.67. The van der Waals surface area contributed by atoms with Crippen molar-refractivity contribution < 1.29 is 9.32 Å². The molecule has 1 aliphatic heterocycles. The summed E-state index contributed by atoms with van der Waals surface area (Å²) in [6, 6.07) is 5.84. The van der Waals surface area contributed by atoms with Gasteiger partial charge in [0.15, 0.2) is 0 Å². The molecule has 0 aliphatic carbocycles.